The van der Waals surface area contributed by atoms with Gasteiger partial charge in [-0.05, 0) is 67.2 Å². The molecule has 0 atom stereocenters. The number of ether oxygens (including phenoxy) is 2. The molecule has 0 aliphatic heterocycles. The largest absolute Gasteiger partial charge is 0.493 e. The van der Waals surface area contributed by atoms with Crippen molar-refractivity contribution < 1.29 is 18.7 Å². The van der Waals surface area contributed by atoms with Crippen LogP contribution in [0.5, 0.6) is 11.5 Å². The van der Waals surface area contributed by atoms with Gasteiger partial charge in [-0.25, -0.2) is 9.18 Å². The second-order valence-electron chi connectivity index (χ2n) is 5.04. The number of carbonyl (C=O) groups is 1. The monoisotopic (exact) mass is 375 g/mol. The van der Waals surface area contributed by atoms with Crippen molar-refractivity contribution >= 4 is 29.5 Å². The maximum atomic E-state index is 12.9. The topological polar surface area (TPSA) is 72.0 Å². The minimum Gasteiger partial charge on any atom is -0.493 e. The highest BCUT2D eigenvalue weighted by atomic mass is 32.1. The van der Waals surface area contributed by atoms with Crippen LogP contribution in [0.25, 0.3) is 0 Å². The van der Waals surface area contributed by atoms with Crippen molar-refractivity contribution in [3.05, 3.63) is 59.4 Å². The first-order chi connectivity index (χ1) is 12.5. The number of hydrogen-bond donors (Lipinski definition) is 2. The van der Waals surface area contributed by atoms with Crippen LogP contribution >= 0.6 is 12.2 Å². The van der Waals surface area contributed by atoms with E-state index >= 15 is 0 Å². The summed E-state index contributed by atoms with van der Waals surface area (Å²) in [7, 11) is 1.46. The van der Waals surface area contributed by atoms with Crippen LogP contribution in [0.4, 0.5) is 4.39 Å². The molecule has 0 aliphatic carbocycles. The Bertz CT molecular complexity index is 810. The summed E-state index contributed by atoms with van der Waals surface area (Å²) in [5.74, 6) is -0.429. The highest BCUT2D eigenvalue weighted by molar-refractivity contribution is 7.80. The Labute approximate surface area is 156 Å². The zero-order chi connectivity index (χ0) is 18.9. The zero-order valence-corrected chi connectivity index (χ0v) is 15.1. The fraction of sp³-hybridized carbons (Fsp3) is 0.167. The average Bonchev–Trinajstić information content (AvgIpc) is 2.63. The predicted octanol–water partition coefficient (Wildman–Crippen LogP) is 2.87. The maximum Gasteiger partial charge on any atom is 0.343 e. The number of benzene rings is 2. The van der Waals surface area contributed by atoms with Crippen molar-refractivity contribution in [2.24, 2.45) is 5.10 Å². The molecule has 0 spiro atoms. The molecule has 0 unspecified atom stereocenters. The molecule has 2 rings (SSSR count). The highest BCUT2D eigenvalue weighted by Crippen LogP contribution is 2.28. The number of carbonyl (C=O) groups excluding carboxylic acids is 1. The SMILES string of the molecule is CCNC(=S)NN=Cc1ccc(OC(=O)c2ccc(F)cc2)c(OC)c1. The molecule has 0 aliphatic rings. The third-order valence-corrected chi connectivity index (χ3v) is 3.42. The fourth-order valence-electron chi connectivity index (χ4n) is 1.96. The average molecular weight is 375 g/mol. The molecule has 136 valence electrons. The van der Waals surface area contributed by atoms with E-state index in [1.165, 1.54) is 31.4 Å². The Morgan fingerprint density at radius 1 is 1.23 bits per heavy atom. The molecule has 6 nitrogen and oxygen atoms in total. The summed E-state index contributed by atoms with van der Waals surface area (Å²) < 4.78 is 23.5. The predicted molar refractivity (Wildman–Crippen MR) is 101 cm³/mol. The van der Waals surface area contributed by atoms with Crippen molar-refractivity contribution in [1.82, 2.24) is 10.7 Å². The quantitative estimate of drug-likeness (QED) is 0.266. The van der Waals surface area contributed by atoms with Crippen LogP contribution in [-0.4, -0.2) is 31.0 Å². The number of esters is 1. The van der Waals surface area contributed by atoms with Crippen molar-refractivity contribution in [3.8, 4) is 11.5 Å². The Kier molecular flexibility index (Phi) is 7.04. The molecule has 0 saturated carbocycles. The summed E-state index contributed by atoms with van der Waals surface area (Å²) in [5.41, 5.74) is 3.63. The number of nitrogens with one attached hydrogen (secondary N) is 2. The normalized spacial score (nSPS) is 10.4. The number of halogens is 1. The van der Waals surface area contributed by atoms with Gasteiger partial charge >= 0.3 is 5.97 Å². The first-order valence-electron chi connectivity index (χ1n) is 7.76. The summed E-state index contributed by atoms with van der Waals surface area (Å²) in [6.07, 6.45) is 1.55. The van der Waals surface area contributed by atoms with E-state index in [9.17, 15) is 9.18 Å². The second-order valence-corrected chi connectivity index (χ2v) is 5.44. The highest BCUT2D eigenvalue weighted by Gasteiger charge is 2.13. The second kappa shape index (κ2) is 9.47. The number of hydrazone groups is 1. The molecule has 0 radical (unpaired) electrons. The number of methoxy groups -OCH3 is 1. The van der Waals surface area contributed by atoms with E-state index in [0.717, 1.165) is 5.56 Å². The Morgan fingerprint density at radius 2 is 1.96 bits per heavy atom. The third-order valence-electron chi connectivity index (χ3n) is 3.19. The van der Waals surface area contributed by atoms with Crippen molar-refractivity contribution in [2.75, 3.05) is 13.7 Å². The molecule has 0 heterocycles. The number of nitrogens with zero attached hydrogens (tertiary/aromatic N) is 1. The molecule has 2 aromatic rings. The Balaban J connectivity index is 2.08. The molecular weight excluding hydrogens is 357 g/mol. The lowest BCUT2D eigenvalue weighted by atomic mass is 10.2. The first kappa shape index (κ1) is 19.3. The molecule has 2 aromatic carbocycles. The fourth-order valence-corrected chi connectivity index (χ4v) is 2.16. The van der Waals surface area contributed by atoms with E-state index in [-0.39, 0.29) is 11.3 Å². The molecule has 0 saturated heterocycles. The van der Waals surface area contributed by atoms with E-state index in [2.05, 4.69) is 15.8 Å². The van der Waals surface area contributed by atoms with Gasteiger partial charge in [0.05, 0.1) is 18.9 Å². The van der Waals surface area contributed by atoms with Gasteiger partial charge in [-0.3, -0.25) is 5.43 Å². The van der Waals surface area contributed by atoms with E-state index in [1.807, 2.05) is 6.92 Å². The number of rotatable bonds is 6. The van der Waals surface area contributed by atoms with Gasteiger partial charge in [-0.1, -0.05) is 0 Å². The molecule has 0 bridgehead atoms. The van der Waals surface area contributed by atoms with Gasteiger partial charge in [0.25, 0.3) is 0 Å². The Morgan fingerprint density at radius 3 is 2.62 bits per heavy atom. The molecule has 8 heteroatoms. The van der Waals surface area contributed by atoms with Crippen LogP contribution in [0.2, 0.25) is 0 Å². The van der Waals surface area contributed by atoms with Crippen LogP contribution in [0, 0.1) is 5.82 Å². The molecule has 0 fully saturated rings. The lowest BCUT2D eigenvalue weighted by Gasteiger charge is -2.10. The summed E-state index contributed by atoms with van der Waals surface area (Å²) in [5, 5.41) is 7.33. The molecular formula is C18H18FN3O3S. The third kappa shape index (κ3) is 5.52. The van der Waals surface area contributed by atoms with Crippen LogP contribution in [0.1, 0.15) is 22.8 Å². The molecule has 0 amide bonds. The summed E-state index contributed by atoms with van der Waals surface area (Å²) in [4.78, 5) is 12.1. The van der Waals surface area contributed by atoms with Crippen LogP contribution in [-0.2, 0) is 0 Å². The maximum absolute atomic E-state index is 12.9. The lowest BCUT2D eigenvalue weighted by molar-refractivity contribution is 0.0729. The van der Waals surface area contributed by atoms with Gasteiger partial charge in [-0.15, -0.1) is 0 Å². The minimum atomic E-state index is -0.609. The Hall–Kier alpha value is -3.00. The van der Waals surface area contributed by atoms with Crippen LogP contribution in [0.15, 0.2) is 47.6 Å². The first-order valence-corrected chi connectivity index (χ1v) is 8.17. The molecule has 2 N–H and O–H groups in total. The van der Waals surface area contributed by atoms with Gasteiger partial charge < -0.3 is 14.8 Å². The van der Waals surface area contributed by atoms with Gasteiger partial charge in [0.1, 0.15) is 5.82 Å². The van der Waals surface area contributed by atoms with Gasteiger partial charge in [-0.2, -0.15) is 5.10 Å². The summed E-state index contributed by atoms with van der Waals surface area (Å²) in [6, 6.07) is 10.0. The van der Waals surface area contributed by atoms with Gasteiger partial charge in [0, 0.05) is 6.54 Å². The van der Waals surface area contributed by atoms with Crippen LogP contribution in [0.3, 0.4) is 0 Å². The van der Waals surface area contributed by atoms with E-state index < -0.39 is 11.8 Å². The van der Waals surface area contributed by atoms with Crippen LogP contribution < -0.4 is 20.2 Å². The lowest BCUT2D eigenvalue weighted by Crippen LogP contribution is -2.31. The van der Waals surface area contributed by atoms with Gasteiger partial charge in [0.15, 0.2) is 16.6 Å². The standard InChI is InChI=1S/C18H18FN3O3S/c1-3-20-18(26)22-21-11-12-4-9-15(16(10-12)24-2)25-17(23)13-5-7-14(19)8-6-13/h4-11H,3H2,1-2H3,(H2,20,22,26). The minimum absolute atomic E-state index is 0.236. The number of hydrogen-bond acceptors (Lipinski definition) is 5. The summed E-state index contributed by atoms with van der Waals surface area (Å²) in [6.45, 7) is 2.62. The molecule has 0 aromatic heterocycles. The van der Waals surface area contributed by atoms with E-state index in [1.54, 1.807) is 24.4 Å². The number of thiocarbonyl (C=S) groups is 1. The summed E-state index contributed by atoms with van der Waals surface area (Å²) >= 11 is 5.00. The van der Waals surface area contributed by atoms with Crippen molar-refractivity contribution in [2.45, 2.75) is 6.92 Å². The molecule has 26 heavy (non-hydrogen) atoms. The van der Waals surface area contributed by atoms with Crippen molar-refractivity contribution in [1.29, 1.82) is 0 Å². The van der Waals surface area contributed by atoms with E-state index in [0.29, 0.717) is 17.4 Å². The van der Waals surface area contributed by atoms with E-state index in [4.69, 9.17) is 21.7 Å². The van der Waals surface area contributed by atoms with Gasteiger partial charge in [0.2, 0.25) is 0 Å². The van der Waals surface area contributed by atoms with Crippen molar-refractivity contribution in [3.63, 3.8) is 0 Å². The zero-order valence-electron chi connectivity index (χ0n) is 14.3. The smallest absolute Gasteiger partial charge is 0.343 e.